The van der Waals surface area contributed by atoms with Gasteiger partial charge in [-0.25, -0.2) is 0 Å². The fraction of sp³-hybridized carbons (Fsp3) is 1.00. The van der Waals surface area contributed by atoms with E-state index in [4.69, 9.17) is 0 Å². The molecule has 0 spiro atoms. The number of thioether (sulfide) groups is 1. The predicted octanol–water partition coefficient (Wildman–Crippen LogP) is 2.93. The van der Waals surface area contributed by atoms with E-state index in [0.29, 0.717) is 5.92 Å². The number of hydrogen-bond acceptors (Lipinski definition) is 2. The zero-order valence-electron chi connectivity index (χ0n) is 8.55. The van der Waals surface area contributed by atoms with Crippen molar-refractivity contribution in [2.24, 2.45) is 5.92 Å². The van der Waals surface area contributed by atoms with Crippen molar-refractivity contribution < 1.29 is 5.11 Å². The highest BCUT2D eigenvalue weighted by Crippen LogP contribution is 2.11. The highest BCUT2D eigenvalue weighted by Gasteiger charge is 2.07. The van der Waals surface area contributed by atoms with Crippen LogP contribution in [0.4, 0.5) is 0 Å². The van der Waals surface area contributed by atoms with Crippen molar-refractivity contribution >= 4 is 11.8 Å². The van der Waals surface area contributed by atoms with E-state index in [-0.39, 0.29) is 6.10 Å². The molecule has 0 radical (unpaired) electrons. The van der Waals surface area contributed by atoms with E-state index in [9.17, 15) is 5.11 Å². The molecule has 0 bridgehead atoms. The second-order valence-corrected chi connectivity index (χ2v) is 4.64. The fourth-order valence-electron chi connectivity index (χ4n) is 1.11. The first-order chi connectivity index (χ1) is 5.68. The molecule has 0 aliphatic heterocycles. The minimum Gasteiger partial charge on any atom is -0.393 e. The lowest BCUT2D eigenvalue weighted by Crippen LogP contribution is -2.13. The van der Waals surface area contributed by atoms with E-state index in [1.807, 2.05) is 11.8 Å². The third-order valence-corrected chi connectivity index (χ3v) is 2.81. The van der Waals surface area contributed by atoms with Crippen molar-refractivity contribution in [2.45, 2.75) is 45.6 Å². The minimum absolute atomic E-state index is 0.0840. The van der Waals surface area contributed by atoms with Crippen molar-refractivity contribution in [2.75, 3.05) is 12.0 Å². The van der Waals surface area contributed by atoms with Crippen molar-refractivity contribution in [3.63, 3.8) is 0 Å². The SMILES string of the molecule is CSCCCCCC(O)C(C)C. The van der Waals surface area contributed by atoms with Crippen LogP contribution in [0, 0.1) is 5.92 Å². The van der Waals surface area contributed by atoms with Gasteiger partial charge in [0.2, 0.25) is 0 Å². The summed E-state index contributed by atoms with van der Waals surface area (Å²) in [5, 5.41) is 9.48. The lowest BCUT2D eigenvalue weighted by Gasteiger charge is -2.13. The van der Waals surface area contributed by atoms with Crippen LogP contribution >= 0.6 is 11.8 Å². The third-order valence-electron chi connectivity index (χ3n) is 2.12. The molecule has 0 fully saturated rings. The van der Waals surface area contributed by atoms with Crippen LogP contribution in [0.1, 0.15) is 39.5 Å². The largest absolute Gasteiger partial charge is 0.393 e. The van der Waals surface area contributed by atoms with Crippen molar-refractivity contribution in [3.8, 4) is 0 Å². The van der Waals surface area contributed by atoms with Gasteiger partial charge in [-0.2, -0.15) is 11.8 Å². The number of hydrogen-bond donors (Lipinski definition) is 1. The van der Waals surface area contributed by atoms with Gasteiger partial charge in [0.25, 0.3) is 0 Å². The Kier molecular flexibility index (Phi) is 8.14. The van der Waals surface area contributed by atoms with Gasteiger partial charge in [0.15, 0.2) is 0 Å². The molecule has 1 nitrogen and oxygen atoms in total. The standard InChI is InChI=1S/C10H22OS/c1-9(2)10(11)7-5-4-6-8-12-3/h9-11H,4-8H2,1-3H3. The Morgan fingerprint density at radius 1 is 1.17 bits per heavy atom. The van der Waals surface area contributed by atoms with Crippen LogP contribution in [-0.2, 0) is 0 Å². The molecule has 74 valence electrons. The Morgan fingerprint density at radius 2 is 1.83 bits per heavy atom. The predicted molar refractivity (Wildman–Crippen MR) is 57.7 cm³/mol. The average molecular weight is 190 g/mol. The normalized spacial score (nSPS) is 13.8. The Labute approximate surface area is 80.9 Å². The zero-order valence-corrected chi connectivity index (χ0v) is 9.36. The molecule has 2 heteroatoms. The maximum Gasteiger partial charge on any atom is 0.0563 e. The molecule has 0 amide bonds. The molecule has 0 heterocycles. The maximum atomic E-state index is 9.48. The Balaban J connectivity index is 3.08. The highest BCUT2D eigenvalue weighted by atomic mass is 32.2. The average Bonchev–Trinajstić information content (AvgIpc) is 2.03. The van der Waals surface area contributed by atoms with E-state index >= 15 is 0 Å². The van der Waals surface area contributed by atoms with Crippen LogP contribution < -0.4 is 0 Å². The lowest BCUT2D eigenvalue weighted by molar-refractivity contribution is 0.113. The molecule has 0 aromatic rings. The van der Waals surface area contributed by atoms with Crippen molar-refractivity contribution in [1.82, 2.24) is 0 Å². The van der Waals surface area contributed by atoms with E-state index < -0.39 is 0 Å². The summed E-state index contributed by atoms with van der Waals surface area (Å²) < 4.78 is 0. The fourth-order valence-corrected chi connectivity index (χ4v) is 1.60. The molecular formula is C10H22OS. The Morgan fingerprint density at radius 3 is 2.33 bits per heavy atom. The van der Waals surface area contributed by atoms with Gasteiger partial charge in [-0.05, 0) is 30.8 Å². The quantitative estimate of drug-likeness (QED) is 0.623. The second kappa shape index (κ2) is 7.93. The van der Waals surface area contributed by atoms with Gasteiger partial charge in [-0.1, -0.05) is 26.7 Å². The number of aliphatic hydroxyl groups is 1. The van der Waals surface area contributed by atoms with Gasteiger partial charge in [-0.3, -0.25) is 0 Å². The van der Waals surface area contributed by atoms with Crippen LogP contribution in [-0.4, -0.2) is 23.2 Å². The van der Waals surface area contributed by atoms with Gasteiger partial charge in [0.05, 0.1) is 6.10 Å². The van der Waals surface area contributed by atoms with E-state index in [0.717, 1.165) is 6.42 Å². The number of unbranched alkanes of at least 4 members (excludes halogenated alkanes) is 2. The van der Waals surface area contributed by atoms with Crippen LogP contribution in [0.3, 0.4) is 0 Å². The van der Waals surface area contributed by atoms with E-state index in [2.05, 4.69) is 20.1 Å². The Hall–Kier alpha value is 0.310. The third kappa shape index (κ3) is 6.99. The molecule has 0 aliphatic carbocycles. The van der Waals surface area contributed by atoms with Crippen LogP contribution in [0.2, 0.25) is 0 Å². The van der Waals surface area contributed by atoms with Gasteiger partial charge in [0, 0.05) is 0 Å². The zero-order chi connectivity index (χ0) is 9.40. The molecule has 0 saturated heterocycles. The molecule has 0 saturated carbocycles. The summed E-state index contributed by atoms with van der Waals surface area (Å²) in [6, 6.07) is 0. The van der Waals surface area contributed by atoms with Gasteiger partial charge in [0.1, 0.15) is 0 Å². The lowest BCUT2D eigenvalue weighted by atomic mass is 10.0. The molecule has 0 aromatic carbocycles. The van der Waals surface area contributed by atoms with E-state index in [1.54, 1.807) is 0 Å². The number of aliphatic hydroxyl groups excluding tert-OH is 1. The van der Waals surface area contributed by atoms with Crippen LogP contribution in [0.5, 0.6) is 0 Å². The van der Waals surface area contributed by atoms with Gasteiger partial charge < -0.3 is 5.11 Å². The van der Waals surface area contributed by atoms with Crippen molar-refractivity contribution in [1.29, 1.82) is 0 Å². The summed E-state index contributed by atoms with van der Waals surface area (Å²) in [5.41, 5.74) is 0. The molecular weight excluding hydrogens is 168 g/mol. The summed E-state index contributed by atoms with van der Waals surface area (Å²) in [5.74, 6) is 1.68. The maximum absolute atomic E-state index is 9.48. The first-order valence-corrected chi connectivity index (χ1v) is 6.25. The summed E-state index contributed by atoms with van der Waals surface area (Å²) >= 11 is 1.90. The molecule has 0 rings (SSSR count). The molecule has 0 aromatic heterocycles. The summed E-state index contributed by atoms with van der Waals surface area (Å²) in [7, 11) is 0. The summed E-state index contributed by atoms with van der Waals surface area (Å²) in [6.45, 7) is 4.15. The summed E-state index contributed by atoms with van der Waals surface area (Å²) in [4.78, 5) is 0. The molecule has 1 unspecified atom stereocenters. The van der Waals surface area contributed by atoms with Crippen LogP contribution in [0.15, 0.2) is 0 Å². The molecule has 0 aliphatic rings. The highest BCUT2D eigenvalue weighted by molar-refractivity contribution is 7.98. The molecule has 1 N–H and O–H groups in total. The molecule has 1 atom stereocenters. The number of rotatable bonds is 7. The van der Waals surface area contributed by atoms with Crippen molar-refractivity contribution in [3.05, 3.63) is 0 Å². The van der Waals surface area contributed by atoms with Gasteiger partial charge in [-0.15, -0.1) is 0 Å². The first-order valence-electron chi connectivity index (χ1n) is 4.85. The van der Waals surface area contributed by atoms with Crippen LogP contribution in [0.25, 0.3) is 0 Å². The first kappa shape index (κ1) is 12.3. The second-order valence-electron chi connectivity index (χ2n) is 3.65. The molecule has 12 heavy (non-hydrogen) atoms. The minimum atomic E-state index is -0.0840. The summed E-state index contributed by atoms with van der Waals surface area (Å²) in [6.07, 6.45) is 6.78. The smallest absolute Gasteiger partial charge is 0.0563 e. The van der Waals surface area contributed by atoms with Gasteiger partial charge >= 0.3 is 0 Å². The van der Waals surface area contributed by atoms with E-state index in [1.165, 1.54) is 25.0 Å². The monoisotopic (exact) mass is 190 g/mol. The Bertz CT molecular complexity index is 93.8. The topological polar surface area (TPSA) is 20.2 Å².